The van der Waals surface area contributed by atoms with Crippen molar-refractivity contribution in [1.29, 1.82) is 0 Å². The van der Waals surface area contributed by atoms with Crippen LogP contribution in [0, 0.1) is 5.82 Å². The molecule has 0 spiro atoms. The van der Waals surface area contributed by atoms with Crippen LogP contribution in [-0.2, 0) is 0 Å². The first kappa shape index (κ1) is 20.4. The van der Waals surface area contributed by atoms with Crippen LogP contribution in [0.25, 0.3) is 0 Å². The van der Waals surface area contributed by atoms with E-state index < -0.39 is 0 Å². The van der Waals surface area contributed by atoms with Gasteiger partial charge in [0.2, 0.25) is 0 Å². The Kier molecular flexibility index (Phi) is 7.07. The van der Waals surface area contributed by atoms with E-state index in [1.54, 1.807) is 7.11 Å². The molecule has 28 heavy (non-hydrogen) atoms. The molecule has 0 bridgehead atoms. The molecule has 0 fully saturated rings. The third kappa shape index (κ3) is 5.34. The molecular weight excluding hydrogens is 373 g/mol. The molecule has 3 aromatic carbocycles. The molecule has 0 aliphatic carbocycles. The molecule has 0 heterocycles. The monoisotopic (exact) mass is 397 g/mol. The van der Waals surface area contributed by atoms with Gasteiger partial charge in [0.1, 0.15) is 11.6 Å². The Morgan fingerprint density at radius 3 is 1.96 bits per heavy atom. The molecule has 3 rings (SSSR count). The van der Waals surface area contributed by atoms with Gasteiger partial charge in [-0.25, -0.2) is 4.39 Å². The fraction of sp³-hybridized carbons (Fsp3) is 0.250. The van der Waals surface area contributed by atoms with Crippen molar-refractivity contribution < 1.29 is 9.13 Å². The van der Waals surface area contributed by atoms with Crippen LogP contribution in [0.5, 0.6) is 5.75 Å². The summed E-state index contributed by atoms with van der Waals surface area (Å²) in [4.78, 5) is 0. The van der Waals surface area contributed by atoms with Gasteiger partial charge in [-0.15, -0.1) is 0 Å². The highest BCUT2D eigenvalue weighted by molar-refractivity contribution is 6.30. The number of methoxy groups -OCH3 is 1. The molecule has 0 radical (unpaired) electrons. The zero-order chi connectivity index (χ0) is 19.9. The molecule has 3 aromatic rings. The van der Waals surface area contributed by atoms with Crippen LogP contribution in [0.2, 0.25) is 5.02 Å². The summed E-state index contributed by atoms with van der Waals surface area (Å²) in [7, 11) is 1.67. The van der Waals surface area contributed by atoms with E-state index in [1.165, 1.54) is 23.3 Å². The normalized spacial score (nSPS) is 13.1. The second-order valence-electron chi connectivity index (χ2n) is 6.89. The molecule has 4 heteroatoms. The topological polar surface area (TPSA) is 21.3 Å². The first-order chi connectivity index (χ1) is 13.6. The molecule has 1 N–H and O–H groups in total. The van der Waals surface area contributed by atoms with E-state index in [1.807, 2.05) is 48.5 Å². The van der Waals surface area contributed by atoms with Crippen molar-refractivity contribution >= 4 is 11.6 Å². The molecule has 2 atom stereocenters. The Balaban J connectivity index is 1.68. The number of hydrogen-bond donors (Lipinski definition) is 1. The van der Waals surface area contributed by atoms with Crippen LogP contribution in [0.3, 0.4) is 0 Å². The minimum Gasteiger partial charge on any atom is -0.497 e. The summed E-state index contributed by atoms with van der Waals surface area (Å²) in [6.45, 7) is 2.98. The van der Waals surface area contributed by atoms with Crippen molar-refractivity contribution in [2.45, 2.75) is 25.3 Å². The lowest BCUT2D eigenvalue weighted by Crippen LogP contribution is -2.21. The number of halogens is 2. The predicted molar refractivity (Wildman–Crippen MR) is 114 cm³/mol. The van der Waals surface area contributed by atoms with Gasteiger partial charge in [0.05, 0.1) is 7.11 Å². The van der Waals surface area contributed by atoms with Gasteiger partial charge in [0.25, 0.3) is 0 Å². The summed E-state index contributed by atoms with van der Waals surface area (Å²) >= 11 is 6.05. The van der Waals surface area contributed by atoms with E-state index in [0.29, 0.717) is 5.02 Å². The van der Waals surface area contributed by atoms with Gasteiger partial charge in [-0.2, -0.15) is 0 Å². The summed E-state index contributed by atoms with van der Waals surface area (Å²) in [5.74, 6) is 0.813. The summed E-state index contributed by atoms with van der Waals surface area (Å²) < 4.78 is 18.6. The van der Waals surface area contributed by atoms with E-state index in [4.69, 9.17) is 16.3 Å². The fourth-order valence-electron chi connectivity index (χ4n) is 3.37. The van der Waals surface area contributed by atoms with E-state index in [0.717, 1.165) is 24.3 Å². The van der Waals surface area contributed by atoms with E-state index in [-0.39, 0.29) is 17.8 Å². The highest BCUT2D eigenvalue weighted by Gasteiger charge is 2.15. The first-order valence-electron chi connectivity index (χ1n) is 9.45. The van der Waals surface area contributed by atoms with Gasteiger partial charge in [0, 0.05) is 17.0 Å². The van der Waals surface area contributed by atoms with Crippen LogP contribution in [0.1, 0.15) is 42.0 Å². The van der Waals surface area contributed by atoms with Crippen molar-refractivity contribution in [3.8, 4) is 5.75 Å². The maximum absolute atomic E-state index is 13.4. The average molecular weight is 398 g/mol. The van der Waals surface area contributed by atoms with Crippen molar-refractivity contribution in [2.75, 3.05) is 13.7 Å². The quantitative estimate of drug-likeness (QED) is 0.477. The maximum Gasteiger partial charge on any atom is 0.123 e. The van der Waals surface area contributed by atoms with E-state index >= 15 is 0 Å². The zero-order valence-corrected chi connectivity index (χ0v) is 16.9. The van der Waals surface area contributed by atoms with Gasteiger partial charge in [-0.1, -0.05) is 48.0 Å². The van der Waals surface area contributed by atoms with Crippen LogP contribution in [-0.4, -0.2) is 13.7 Å². The molecule has 2 unspecified atom stereocenters. The average Bonchev–Trinajstić information content (AvgIpc) is 2.73. The number of ether oxygens (including phenoxy) is 1. The summed E-state index contributed by atoms with van der Waals surface area (Å²) in [5.41, 5.74) is 3.49. The van der Waals surface area contributed by atoms with Gasteiger partial charge in [-0.3, -0.25) is 0 Å². The number of hydrogen-bond acceptors (Lipinski definition) is 2. The maximum atomic E-state index is 13.4. The number of nitrogens with one attached hydrogen (secondary N) is 1. The van der Waals surface area contributed by atoms with Gasteiger partial charge in [-0.05, 0) is 73.0 Å². The van der Waals surface area contributed by atoms with Crippen molar-refractivity contribution in [1.82, 2.24) is 5.32 Å². The molecule has 0 amide bonds. The first-order valence-corrected chi connectivity index (χ1v) is 9.83. The molecule has 0 saturated carbocycles. The Bertz CT molecular complexity index is 817. The van der Waals surface area contributed by atoms with Crippen LogP contribution >= 0.6 is 11.6 Å². The van der Waals surface area contributed by atoms with Gasteiger partial charge >= 0.3 is 0 Å². The molecular formula is C24H25ClFNO. The van der Waals surface area contributed by atoms with Crippen LogP contribution in [0.4, 0.5) is 4.39 Å². The standard InChI is InChI=1S/C24H25ClFNO/c1-17(18-7-13-23(28-2)14-8-18)27-16-15-24(19-3-9-21(25)10-4-19)20-5-11-22(26)12-6-20/h3-14,17,24,27H,15-16H2,1-2H3. The van der Waals surface area contributed by atoms with Crippen molar-refractivity contribution in [2.24, 2.45) is 0 Å². The van der Waals surface area contributed by atoms with Gasteiger partial charge in [0.15, 0.2) is 0 Å². The largest absolute Gasteiger partial charge is 0.497 e. The van der Waals surface area contributed by atoms with Crippen molar-refractivity contribution in [3.63, 3.8) is 0 Å². The number of rotatable bonds is 8. The minimum atomic E-state index is -0.218. The third-order valence-corrected chi connectivity index (χ3v) is 5.30. The molecule has 0 aliphatic rings. The predicted octanol–water partition coefficient (Wildman–Crippen LogP) is 6.36. The highest BCUT2D eigenvalue weighted by Crippen LogP contribution is 2.29. The lowest BCUT2D eigenvalue weighted by molar-refractivity contribution is 0.414. The fourth-order valence-corrected chi connectivity index (χ4v) is 3.50. The Morgan fingerprint density at radius 1 is 0.857 bits per heavy atom. The van der Waals surface area contributed by atoms with E-state index in [2.05, 4.69) is 24.4 Å². The second-order valence-corrected chi connectivity index (χ2v) is 7.33. The molecule has 0 aliphatic heterocycles. The molecule has 146 valence electrons. The lowest BCUT2D eigenvalue weighted by atomic mass is 9.88. The highest BCUT2D eigenvalue weighted by atomic mass is 35.5. The Hall–Kier alpha value is -2.36. The third-order valence-electron chi connectivity index (χ3n) is 5.04. The lowest BCUT2D eigenvalue weighted by Gasteiger charge is -2.21. The van der Waals surface area contributed by atoms with Crippen molar-refractivity contribution in [3.05, 3.63) is 100 Å². The SMILES string of the molecule is COc1ccc(C(C)NCCC(c2ccc(F)cc2)c2ccc(Cl)cc2)cc1. The van der Waals surface area contributed by atoms with Crippen LogP contribution < -0.4 is 10.1 Å². The molecule has 0 saturated heterocycles. The Labute approximate surface area is 171 Å². The summed E-state index contributed by atoms with van der Waals surface area (Å²) in [6, 6.07) is 23.0. The molecule has 2 nitrogen and oxygen atoms in total. The summed E-state index contributed by atoms with van der Waals surface area (Å²) in [5, 5.41) is 4.30. The van der Waals surface area contributed by atoms with Gasteiger partial charge < -0.3 is 10.1 Å². The number of benzene rings is 3. The summed E-state index contributed by atoms with van der Waals surface area (Å²) in [6.07, 6.45) is 0.897. The smallest absolute Gasteiger partial charge is 0.123 e. The Morgan fingerprint density at radius 2 is 1.39 bits per heavy atom. The molecule has 0 aromatic heterocycles. The second kappa shape index (κ2) is 9.72. The zero-order valence-electron chi connectivity index (χ0n) is 16.2. The van der Waals surface area contributed by atoms with E-state index in [9.17, 15) is 4.39 Å². The van der Waals surface area contributed by atoms with Crippen LogP contribution in [0.15, 0.2) is 72.8 Å². The minimum absolute atomic E-state index is 0.174.